The Morgan fingerprint density at radius 1 is 0.941 bits per heavy atom. The zero-order valence-electron chi connectivity index (χ0n) is 17.9. The molecule has 182 valence electrons. The Balaban J connectivity index is 1.50. The van der Waals surface area contributed by atoms with Gasteiger partial charge in [-0.05, 0) is 24.3 Å². The second-order valence-electron chi connectivity index (χ2n) is 7.66. The molecule has 1 fully saturated rings. The van der Waals surface area contributed by atoms with E-state index in [0.29, 0.717) is 43.2 Å². The Kier molecular flexibility index (Phi) is 6.32. The summed E-state index contributed by atoms with van der Waals surface area (Å²) in [6, 6.07) is 9.61. The summed E-state index contributed by atoms with van der Waals surface area (Å²) in [5.74, 6) is 0.639. The Morgan fingerprint density at radius 3 is 2.24 bits per heavy atom. The van der Waals surface area contributed by atoms with Crippen LogP contribution in [0.15, 0.2) is 48.7 Å². The summed E-state index contributed by atoms with van der Waals surface area (Å²) in [7, 11) is 1.40. The number of pyridine rings is 1. The fourth-order valence-corrected chi connectivity index (χ4v) is 3.68. The molecule has 0 bridgehead atoms. The highest BCUT2D eigenvalue weighted by Gasteiger charge is 2.36. The molecule has 4 rings (SSSR count). The van der Waals surface area contributed by atoms with E-state index in [0.717, 1.165) is 23.0 Å². The van der Waals surface area contributed by atoms with Gasteiger partial charge in [0.05, 0.1) is 12.7 Å². The fraction of sp³-hybridized carbons (Fsp3) is 0.364. The number of alkyl halides is 6. The molecule has 0 atom stereocenters. The lowest BCUT2D eigenvalue weighted by Gasteiger charge is -2.33. The Labute approximate surface area is 190 Å². The van der Waals surface area contributed by atoms with Gasteiger partial charge in [0.2, 0.25) is 5.88 Å². The molecule has 3 heterocycles. The van der Waals surface area contributed by atoms with Crippen LogP contribution in [0.5, 0.6) is 11.6 Å². The number of benzene rings is 1. The van der Waals surface area contributed by atoms with Gasteiger partial charge >= 0.3 is 12.4 Å². The van der Waals surface area contributed by atoms with Gasteiger partial charge in [-0.3, -0.25) is 0 Å². The topological polar surface area (TPSA) is 52.4 Å². The monoisotopic (exact) mass is 486 g/mol. The zero-order valence-corrected chi connectivity index (χ0v) is 17.9. The lowest BCUT2D eigenvalue weighted by molar-refractivity contribution is -0.141. The van der Waals surface area contributed by atoms with Crippen molar-refractivity contribution < 1.29 is 35.8 Å². The van der Waals surface area contributed by atoms with Gasteiger partial charge in [0, 0.05) is 38.2 Å². The molecule has 12 heteroatoms. The maximum atomic E-state index is 13.4. The second kappa shape index (κ2) is 9.07. The zero-order chi connectivity index (χ0) is 24.5. The predicted molar refractivity (Wildman–Crippen MR) is 110 cm³/mol. The van der Waals surface area contributed by atoms with Crippen LogP contribution in [-0.4, -0.2) is 41.1 Å². The average Bonchev–Trinajstić information content (AvgIpc) is 3.23. The van der Waals surface area contributed by atoms with Crippen molar-refractivity contribution in [3.8, 4) is 17.3 Å². The van der Waals surface area contributed by atoms with Crippen LogP contribution in [0.2, 0.25) is 0 Å². The van der Waals surface area contributed by atoms with E-state index in [1.165, 1.54) is 13.2 Å². The molecular weight excluding hydrogens is 466 g/mol. The van der Waals surface area contributed by atoms with Gasteiger partial charge in [0.1, 0.15) is 23.4 Å². The molecule has 34 heavy (non-hydrogen) atoms. The number of anilines is 1. The minimum atomic E-state index is -4.66. The first kappa shape index (κ1) is 23.7. The van der Waals surface area contributed by atoms with E-state index in [9.17, 15) is 26.3 Å². The van der Waals surface area contributed by atoms with Crippen LogP contribution in [0.1, 0.15) is 24.1 Å². The minimum Gasteiger partial charge on any atom is -0.494 e. The Morgan fingerprint density at radius 2 is 1.65 bits per heavy atom. The first-order valence-corrected chi connectivity index (χ1v) is 10.3. The number of methoxy groups -OCH3 is 1. The third-order valence-electron chi connectivity index (χ3n) is 5.41. The average molecular weight is 486 g/mol. The molecule has 0 amide bonds. The quantitative estimate of drug-likeness (QED) is 0.455. The van der Waals surface area contributed by atoms with E-state index in [1.54, 1.807) is 29.2 Å². The third kappa shape index (κ3) is 5.05. The molecule has 1 aromatic carbocycles. The first-order valence-electron chi connectivity index (χ1n) is 10.3. The lowest BCUT2D eigenvalue weighted by atomic mass is 10.1. The van der Waals surface area contributed by atoms with Gasteiger partial charge in [0.25, 0.3) is 0 Å². The van der Waals surface area contributed by atoms with Crippen LogP contribution in [0, 0.1) is 0 Å². The molecule has 0 unspecified atom stereocenters. The van der Waals surface area contributed by atoms with Crippen LogP contribution >= 0.6 is 0 Å². The number of piperidine rings is 1. The summed E-state index contributed by atoms with van der Waals surface area (Å²) >= 11 is 0. The maximum absolute atomic E-state index is 13.4. The van der Waals surface area contributed by atoms with Crippen LogP contribution in [-0.2, 0) is 12.4 Å². The van der Waals surface area contributed by atoms with Crippen LogP contribution in [0.4, 0.5) is 32.2 Å². The number of hydrogen-bond donors (Lipinski definition) is 0. The van der Waals surface area contributed by atoms with Crippen molar-refractivity contribution in [2.75, 3.05) is 25.1 Å². The van der Waals surface area contributed by atoms with Gasteiger partial charge < -0.3 is 14.4 Å². The van der Waals surface area contributed by atoms with Crippen molar-refractivity contribution >= 4 is 5.82 Å². The molecule has 1 aliphatic heterocycles. The Hall–Kier alpha value is -3.44. The van der Waals surface area contributed by atoms with Crippen molar-refractivity contribution in [1.29, 1.82) is 0 Å². The molecule has 0 saturated carbocycles. The first-order chi connectivity index (χ1) is 16.1. The molecule has 1 aliphatic rings. The van der Waals surface area contributed by atoms with Crippen molar-refractivity contribution in [1.82, 2.24) is 14.8 Å². The number of para-hydroxylation sites is 2. The molecule has 6 nitrogen and oxygen atoms in total. The number of nitrogens with zero attached hydrogens (tertiary/aromatic N) is 4. The highest BCUT2D eigenvalue weighted by atomic mass is 19.4. The summed E-state index contributed by atoms with van der Waals surface area (Å²) < 4.78 is 90.5. The number of rotatable bonds is 5. The number of hydrogen-bond acceptors (Lipinski definition) is 5. The maximum Gasteiger partial charge on any atom is 0.435 e. The smallest absolute Gasteiger partial charge is 0.435 e. The lowest BCUT2D eigenvalue weighted by Crippen LogP contribution is -2.39. The minimum absolute atomic E-state index is 0.0806. The van der Waals surface area contributed by atoms with E-state index < -0.39 is 29.7 Å². The summed E-state index contributed by atoms with van der Waals surface area (Å²) in [5, 5.41) is 3.69. The van der Waals surface area contributed by atoms with Gasteiger partial charge in [-0.2, -0.15) is 36.1 Å². The van der Waals surface area contributed by atoms with Crippen LogP contribution in [0.25, 0.3) is 5.69 Å². The molecule has 0 N–H and O–H groups in total. The van der Waals surface area contributed by atoms with E-state index >= 15 is 0 Å². The Bertz CT molecular complexity index is 1120. The number of halogens is 6. The number of aromatic nitrogens is 3. The van der Waals surface area contributed by atoms with Gasteiger partial charge in [0.15, 0.2) is 5.69 Å². The molecular formula is C22H20F6N4O2. The molecule has 0 radical (unpaired) electrons. The summed E-state index contributed by atoms with van der Waals surface area (Å²) in [5.41, 5.74) is -1.64. The molecule has 1 saturated heterocycles. The largest absolute Gasteiger partial charge is 0.494 e. The van der Waals surface area contributed by atoms with Crippen LogP contribution in [0.3, 0.4) is 0 Å². The SMILES string of the molecule is COc1ccccc1-n1nc(C(F)(F)F)cc1OC1CCN(c2ccc(C(F)(F)F)cn2)CC1. The summed E-state index contributed by atoms with van der Waals surface area (Å²) in [6.07, 6.45) is -7.91. The van der Waals surface area contributed by atoms with E-state index in [-0.39, 0.29) is 5.88 Å². The highest BCUT2D eigenvalue weighted by Crippen LogP contribution is 2.35. The predicted octanol–water partition coefficient (Wildman–Crippen LogP) is 5.36. The normalized spacial score (nSPS) is 15.4. The summed E-state index contributed by atoms with van der Waals surface area (Å²) in [4.78, 5) is 5.70. The summed E-state index contributed by atoms with van der Waals surface area (Å²) in [6.45, 7) is 0.829. The number of ether oxygens (including phenoxy) is 2. The van der Waals surface area contributed by atoms with Crippen molar-refractivity contribution in [3.63, 3.8) is 0 Å². The second-order valence-corrected chi connectivity index (χ2v) is 7.66. The standard InChI is InChI=1S/C22H20F6N4O2/c1-33-17-5-3-2-4-16(17)32-20(12-18(30-32)22(26,27)28)34-15-8-10-31(11-9-15)19-7-6-14(13-29-19)21(23,24)25/h2-7,12-13,15H,8-11H2,1H3. The van der Waals surface area contributed by atoms with E-state index in [4.69, 9.17) is 9.47 Å². The van der Waals surface area contributed by atoms with E-state index in [1.807, 2.05) is 0 Å². The van der Waals surface area contributed by atoms with Gasteiger partial charge in [-0.25, -0.2) is 4.98 Å². The van der Waals surface area contributed by atoms with E-state index in [2.05, 4.69) is 10.1 Å². The molecule has 0 spiro atoms. The van der Waals surface area contributed by atoms with Crippen molar-refractivity contribution in [2.24, 2.45) is 0 Å². The third-order valence-corrected chi connectivity index (χ3v) is 5.41. The van der Waals surface area contributed by atoms with Gasteiger partial charge in [-0.1, -0.05) is 12.1 Å². The van der Waals surface area contributed by atoms with Gasteiger partial charge in [-0.15, -0.1) is 0 Å². The molecule has 2 aromatic heterocycles. The van der Waals surface area contributed by atoms with Crippen LogP contribution < -0.4 is 14.4 Å². The fourth-order valence-electron chi connectivity index (χ4n) is 3.68. The highest BCUT2D eigenvalue weighted by molar-refractivity contribution is 5.48. The van der Waals surface area contributed by atoms with Crippen molar-refractivity contribution in [3.05, 3.63) is 59.9 Å². The van der Waals surface area contributed by atoms with Crippen molar-refractivity contribution in [2.45, 2.75) is 31.3 Å². The molecule has 0 aliphatic carbocycles. The molecule has 3 aromatic rings.